The summed E-state index contributed by atoms with van der Waals surface area (Å²) in [6.45, 7) is 5.62. The normalized spacial score (nSPS) is 12.8. The van der Waals surface area contributed by atoms with Crippen LogP contribution in [0, 0.1) is 5.92 Å². The molecule has 1 unspecified atom stereocenters. The summed E-state index contributed by atoms with van der Waals surface area (Å²) in [5.74, 6) is -1.45. The lowest BCUT2D eigenvalue weighted by molar-refractivity contribution is -0.139. The van der Waals surface area contributed by atoms with Crippen LogP contribution in [0.2, 0.25) is 0 Å². The summed E-state index contributed by atoms with van der Waals surface area (Å²) >= 11 is 0. The van der Waals surface area contributed by atoms with Crippen molar-refractivity contribution in [2.24, 2.45) is 5.92 Å². The third-order valence-electron chi connectivity index (χ3n) is 2.80. The molecule has 1 aromatic rings. The first-order valence-electron chi connectivity index (χ1n) is 5.52. The summed E-state index contributed by atoms with van der Waals surface area (Å²) in [4.78, 5) is 11.2. The van der Waals surface area contributed by atoms with Crippen LogP contribution in [-0.2, 0) is 11.2 Å². The lowest BCUT2D eigenvalue weighted by Gasteiger charge is -2.19. The molecule has 1 rings (SSSR count). The van der Waals surface area contributed by atoms with Crippen molar-refractivity contribution in [1.29, 1.82) is 0 Å². The average molecular weight is 222 g/mol. The minimum atomic E-state index is -0.890. The zero-order chi connectivity index (χ0) is 12.3. The third-order valence-corrected chi connectivity index (χ3v) is 2.80. The molecule has 0 radical (unpaired) electrons. The van der Waals surface area contributed by atoms with Gasteiger partial charge in [0.1, 0.15) is 5.75 Å². The van der Waals surface area contributed by atoms with Crippen LogP contribution in [0.5, 0.6) is 5.75 Å². The number of hydrogen-bond donors (Lipinski definition) is 2. The number of phenols is 1. The summed E-state index contributed by atoms with van der Waals surface area (Å²) < 4.78 is 0. The van der Waals surface area contributed by atoms with Crippen molar-refractivity contribution >= 4 is 5.97 Å². The van der Waals surface area contributed by atoms with Gasteiger partial charge in [0.2, 0.25) is 0 Å². The number of hydrogen-bond acceptors (Lipinski definition) is 2. The van der Waals surface area contributed by atoms with Gasteiger partial charge in [-0.15, -0.1) is 0 Å². The predicted molar refractivity (Wildman–Crippen MR) is 62.7 cm³/mol. The van der Waals surface area contributed by atoms with Gasteiger partial charge in [-0.1, -0.05) is 39.0 Å². The Kier molecular flexibility index (Phi) is 3.93. The van der Waals surface area contributed by atoms with E-state index in [9.17, 15) is 15.0 Å². The van der Waals surface area contributed by atoms with Gasteiger partial charge in [0.25, 0.3) is 0 Å². The molecule has 0 saturated heterocycles. The van der Waals surface area contributed by atoms with E-state index >= 15 is 0 Å². The minimum Gasteiger partial charge on any atom is -0.507 e. The van der Waals surface area contributed by atoms with Crippen molar-refractivity contribution in [2.45, 2.75) is 33.1 Å². The summed E-state index contributed by atoms with van der Waals surface area (Å²) in [5, 5.41) is 19.2. The highest BCUT2D eigenvalue weighted by atomic mass is 16.4. The van der Waals surface area contributed by atoms with Crippen LogP contribution in [-0.4, -0.2) is 16.2 Å². The lowest BCUT2D eigenvalue weighted by atomic mass is 9.86. The fourth-order valence-electron chi connectivity index (χ4n) is 1.92. The maximum absolute atomic E-state index is 11.2. The van der Waals surface area contributed by atoms with Gasteiger partial charge in [-0.25, -0.2) is 0 Å². The Bertz CT molecular complexity index is 383. The molecule has 0 fully saturated rings. The van der Waals surface area contributed by atoms with E-state index in [1.165, 1.54) is 0 Å². The highest BCUT2D eigenvalue weighted by Crippen LogP contribution is 2.34. The summed E-state index contributed by atoms with van der Waals surface area (Å²) in [7, 11) is 0. The number of aliphatic carboxylic acids is 1. The van der Waals surface area contributed by atoms with Gasteiger partial charge < -0.3 is 10.2 Å². The number of benzene rings is 1. The number of carbonyl (C=O) groups is 1. The molecule has 3 heteroatoms. The molecule has 0 aliphatic carbocycles. The molecule has 0 aliphatic heterocycles. The molecule has 0 amide bonds. The molecule has 3 nitrogen and oxygen atoms in total. The van der Waals surface area contributed by atoms with Gasteiger partial charge in [-0.2, -0.15) is 0 Å². The smallest absolute Gasteiger partial charge is 0.311 e. The quantitative estimate of drug-likeness (QED) is 0.823. The van der Waals surface area contributed by atoms with Crippen LogP contribution in [0.3, 0.4) is 0 Å². The van der Waals surface area contributed by atoms with Crippen LogP contribution in [0.4, 0.5) is 0 Å². The molecule has 2 N–H and O–H groups in total. The lowest BCUT2D eigenvalue weighted by Crippen LogP contribution is -2.17. The van der Waals surface area contributed by atoms with Gasteiger partial charge in [-0.3, -0.25) is 4.79 Å². The van der Waals surface area contributed by atoms with E-state index in [-0.39, 0.29) is 11.7 Å². The van der Waals surface area contributed by atoms with Crippen molar-refractivity contribution in [3.05, 3.63) is 29.3 Å². The molecule has 0 bridgehead atoms. The van der Waals surface area contributed by atoms with Crippen molar-refractivity contribution < 1.29 is 15.0 Å². The SMILES string of the molecule is CCc1cccc(C(C(=O)O)C(C)C)c1O. The number of rotatable bonds is 4. The molecule has 0 heterocycles. The van der Waals surface area contributed by atoms with Crippen LogP contribution < -0.4 is 0 Å². The van der Waals surface area contributed by atoms with Crippen LogP contribution in [0.15, 0.2) is 18.2 Å². The first-order chi connectivity index (χ1) is 7.49. The number of carboxylic acids is 1. The highest BCUT2D eigenvalue weighted by Gasteiger charge is 2.26. The van der Waals surface area contributed by atoms with Crippen LogP contribution >= 0.6 is 0 Å². The standard InChI is InChI=1S/C13H18O3/c1-4-9-6-5-7-10(12(9)14)11(8(2)3)13(15)16/h5-8,11,14H,4H2,1-3H3,(H,15,16). The fourth-order valence-corrected chi connectivity index (χ4v) is 1.92. The molecule has 16 heavy (non-hydrogen) atoms. The number of aryl methyl sites for hydroxylation is 1. The van der Waals surface area contributed by atoms with Crippen molar-refractivity contribution in [2.75, 3.05) is 0 Å². The number of phenolic OH excluding ortho intramolecular Hbond substituents is 1. The summed E-state index contributed by atoms with van der Waals surface area (Å²) in [6.07, 6.45) is 0.699. The van der Waals surface area contributed by atoms with Gasteiger partial charge in [0.05, 0.1) is 5.92 Å². The second kappa shape index (κ2) is 5.01. The second-order valence-electron chi connectivity index (χ2n) is 4.27. The van der Waals surface area contributed by atoms with Gasteiger partial charge in [0.15, 0.2) is 0 Å². The Hall–Kier alpha value is -1.51. The fraction of sp³-hybridized carbons (Fsp3) is 0.462. The van der Waals surface area contributed by atoms with E-state index in [1.807, 2.05) is 26.8 Å². The monoisotopic (exact) mass is 222 g/mol. The number of aromatic hydroxyl groups is 1. The molecule has 88 valence electrons. The molecular weight excluding hydrogens is 204 g/mol. The molecule has 0 saturated carbocycles. The predicted octanol–water partition coefficient (Wildman–Crippen LogP) is 2.78. The topological polar surface area (TPSA) is 57.5 Å². The Morgan fingerprint density at radius 1 is 1.38 bits per heavy atom. The Balaban J connectivity index is 3.25. The van der Waals surface area contributed by atoms with E-state index in [4.69, 9.17) is 0 Å². The average Bonchev–Trinajstić information content (AvgIpc) is 2.20. The Morgan fingerprint density at radius 2 is 2.00 bits per heavy atom. The largest absolute Gasteiger partial charge is 0.507 e. The molecular formula is C13H18O3. The van der Waals surface area contributed by atoms with Crippen LogP contribution in [0.25, 0.3) is 0 Å². The zero-order valence-corrected chi connectivity index (χ0v) is 9.90. The van der Waals surface area contributed by atoms with E-state index in [0.29, 0.717) is 12.0 Å². The Morgan fingerprint density at radius 3 is 2.44 bits per heavy atom. The van der Waals surface area contributed by atoms with Crippen LogP contribution in [0.1, 0.15) is 37.8 Å². The van der Waals surface area contributed by atoms with Crippen molar-refractivity contribution in [3.63, 3.8) is 0 Å². The minimum absolute atomic E-state index is 0.0458. The second-order valence-corrected chi connectivity index (χ2v) is 4.27. The first kappa shape index (κ1) is 12.6. The van der Waals surface area contributed by atoms with Gasteiger partial charge >= 0.3 is 5.97 Å². The van der Waals surface area contributed by atoms with Gasteiger partial charge in [-0.05, 0) is 17.9 Å². The molecule has 0 spiro atoms. The van der Waals surface area contributed by atoms with Crippen molar-refractivity contribution in [1.82, 2.24) is 0 Å². The first-order valence-corrected chi connectivity index (χ1v) is 5.52. The van der Waals surface area contributed by atoms with Crippen molar-refractivity contribution in [3.8, 4) is 5.75 Å². The maximum Gasteiger partial charge on any atom is 0.311 e. The molecule has 0 aliphatic rings. The number of carboxylic acid groups (broad SMARTS) is 1. The zero-order valence-electron chi connectivity index (χ0n) is 9.90. The highest BCUT2D eigenvalue weighted by molar-refractivity contribution is 5.77. The molecule has 1 atom stereocenters. The van der Waals surface area contributed by atoms with E-state index in [0.717, 1.165) is 5.56 Å². The maximum atomic E-state index is 11.2. The molecule has 0 aromatic heterocycles. The van der Waals surface area contributed by atoms with Gasteiger partial charge in [0, 0.05) is 5.56 Å². The summed E-state index contributed by atoms with van der Waals surface area (Å²) in [5.41, 5.74) is 1.31. The molecule has 1 aromatic carbocycles. The number of para-hydroxylation sites is 1. The van der Waals surface area contributed by atoms with E-state index in [2.05, 4.69) is 0 Å². The van der Waals surface area contributed by atoms with E-state index < -0.39 is 11.9 Å². The van der Waals surface area contributed by atoms with E-state index in [1.54, 1.807) is 12.1 Å². The third kappa shape index (κ3) is 2.35. The Labute approximate surface area is 95.7 Å². The summed E-state index contributed by atoms with van der Waals surface area (Å²) in [6, 6.07) is 5.30.